The zero-order chi connectivity index (χ0) is 16.0. The normalized spacial score (nSPS) is 13.2. The van der Waals surface area contributed by atoms with Crippen LogP contribution in [-0.2, 0) is 16.6 Å². The molecule has 21 heavy (non-hydrogen) atoms. The van der Waals surface area contributed by atoms with E-state index >= 15 is 0 Å². The lowest BCUT2D eigenvalue weighted by molar-refractivity contribution is 0.272. The number of sulfonamides is 1. The Hall–Kier alpha value is -0.470. The molecule has 1 rings (SSSR count). The fraction of sp³-hybridized carbons (Fsp3) is 0.538. The second-order valence-corrected chi connectivity index (χ2v) is 7.75. The molecule has 1 aromatic rings. The van der Waals surface area contributed by atoms with Crippen molar-refractivity contribution >= 4 is 33.4 Å². The van der Waals surface area contributed by atoms with Gasteiger partial charge < -0.3 is 9.84 Å². The number of aliphatic hydroxyl groups excluding tert-OH is 1. The average Bonchev–Trinajstić information content (AvgIpc) is 2.44. The maximum absolute atomic E-state index is 12.4. The van der Waals surface area contributed by atoms with Crippen LogP contribution in [0, 0.1) is 5.92 Å². The van der Waals surface area contributed by atoms with Crippen LogP contribution in [0.15, 0.2) is 17.0 Å². The first kappa shape index (κ1) is 18.6. The van der Waals surface area contributed by atoms with Gasteiger partial charge in [-0.25, -0.2) is 13.1 Å². The maximum Gasteiger partial charge on any atom is 0.244 e. The van der Waals surface area contributed by atoms with Crippen molar-refractivity contribution in [3.63, 3.8) is 0 Å². The van der Waals surface area contributed by atoms with E-state index in [0.29, 0.717) is 12.1 Å². The molecule has 0 bridgehead atoms. The molecule has 0 fully saturated rings. The largest absolute Gasteiger partial charge is 0.495 e. The SMILES string of the molecule is COc1c(CO)cc(Cl)cc1S(=O)(=O)NCC(C)CSC. The molecule has 0 spiro atoms. The standard InChI is InChI=1S/C13H20ClNO4S2/c1-9(8-20-3)6-15-21(17,18)12-5-11(14)4-10(7-16)13(12)19-2/h4-5,9,15-16H,6-8H2,1-3H3. The van der Waals surface area contributed by atoms with Crippen molar-refractivity contribution in [1.82, 2.24) is 4.72 Å². The highest BCUT2D eigenvalue weighted by Gasteiger charge is 2.23. The van der Waals surface area contributed by atoms with E-state index in [9.17, 15) is 13.5 Å². The molecular formula is C13H20ClNO4S2. The van der Waals surface area contributed by atoms with Gasteiger partial charge in [0.05, 0.1) is 13.7 Å². The number of nitrogens with one attached hydrogen (secondary N) is 1. The van der Waals surface area contributed by atoms with E-state index in [1.165, 1.54) is 19.2 Å². The Morgan fingerprint density at radius 2 is 2.14 bits per heavy atom. The predicted molar refractivity (Wildman–Crippen MR) is 86.7 cm³/mol. The summed E-state index contributed by atoms with van der Waals surface area (Å²) in [7, 11) is -2.39. The second-order valence-electron chi connectivity index (χ2n) is 4.67. The van der Waals surface area contributed by atoms with Gasteiger partial charge in [-0.1, -0.05) is 18.5 Å². The second kappa shape index (κ2) is 8.24. The molecule has 5 nitrogen and oxygen atoms in total. The van der Waals surface area contributed by atoms with Crippen molar-refractivity contribution in [2.75, 3.05) is 25.7 Å². The van der Waals surface area contributed by atoms with Gasteiger partial charge >= 0.3 is 0 Å². The van der Waals surface area contributed by atoms with Crippen LogP contribution in [0.3, 0.4) is 0 Å². The van der Waals surface area contributed by atoms with Crippen LogP contribution >= 0.6 is 23.4 Å². The van der Waals surface area contributed by atoms with E-state index in [0.717, 1.165) is 5.75 Å². The molecule has 1 aromatic carbocycles. The molecule has 0 aromatic heterocycles. The van der Waals surface area contributed by atoms with E-state index in [1.807, 2.05) is 13.2 Å². The van der Waals surface area contributed by atoms with Crippen LogP contribution in [0.25, 0.3) is 0 Å². The summed E-state index contributed by atoms with van der Waals surface area (Å²) in [5, 5.41) is 9.53. The third-order valence-electron chi connectivity index (χ3n) is 2.83. The smallest absolute Gasteiger partial charge is 0.244 e. The number of ether oxygens (including phenoxy) is 1. The molecule has 0 aliphatic carbocycles. The molecule has 0 heterocycles. The number of halogens is 1. The van der Waals surface area contributed by atoms with Crippen molar-refractivity contribution in [1.29, 1.82) is 0 Å². The molecule has 120 valence electrons. The maximum atomic E-state index is 12.4. The van der Waals surface area contributed by atoms with Crippen LogP contribution < -0.4 is 9.46 Å². The highest BCUT2D eigenvalue weighted by Crippen LogP contribution is 2.31. The first-order valence-corrected chi connectivity index (χ1v) is 9.57. The number of thioether (sulfide) groups is 1. The lowest BCUT2D eigenvalue weighted by atomic mass is 10.2. The van der Waals surface area contributed by atoms with Gasteiger partial charge in [0.2, 0.25) is 10.0 Å². The molecule has 0 saturated carbocycles. The Kier molecular flexibility index (Phi) is 7.29. The molecule has 0 saturated heterocycles. The van der Waals surface area contributed by atoms with E-state index < -0.39 is 10.0 Å². The zero-order valence-electron chi connectivity index (χ0n) is 12.2. The Bertz CT molecular complexity index is 578. The number of aliphatic hydroxyl groups is 1. The highest BCUT2D eigenvalue weighted by atomic mass is 35.5. The molecule has 1 atom stereocenters. The molecule has 0 amide bonds. The fourth-order valence-corrected chi connectivity index (χ4v) is 4.24. The van der Waals surface area contributed by atoms with Gasteiger partial charge in [-0.3, -0.25) is 0 Å². The summed E-state index contributed by atoms with van der Waals surface area (Å²) in [4.78, 5) is -0.0575. The van der Waals surface area contributed by atoms with Crippen molar-refractivity contribution in [3.8, 4) is 5.75 Å². The number of benzene rings is 1. The summed E-state index contributed by atoms with van der Waals surface area (Å²) < 4.78 is 32.5. The summed E-state index contributed by atoms with van der Waals surface area (Å²) in [5.74, 6) is 1.18. The number of rotatable bonds is 8. The Morgan fingerprint density at radius 3 is 2.67 bits per heavy atom. The highest BCUT2D eigenvalue weighted by molar-refractivity contribution is 7.98. The van der Waals surface area contributed by atoms with Crippen molar-refractivity contribution in [2.24, 2.45) is 5.92 Å². The molecule has 2 N–H and O–H groups in total. The van der Waals surface area contributed by atoms with E-state index in [4.69, 9.17) is 16.3 Å². The summed E-state index contributed by atoms with van der Waals surface area (Å²) >= 11 is 7.57. The van der Waals surface area contributed by atoms with Crippen LogP contribution in [0.2, 0.25) is 5.02 Å². The minimum Gasteiger partial charge on any atom is -0.495 e. The van der Waals surface area contributed by atoms with Crippen LogP contribution in [0.1, 0.15) is 12.5 Å². The zero-order valence-corrected chi connectivity index (χ0v) is 14.6. The van der Waals surface area contributed by atoms with Gasteiger partial charge in [0.1, 0.15) is 10.6 Å². The molecule has 0 aliphatic heterocycles. The van der Waals surface area contributed by atoms with Gasteiger partial charge in [-0.2, -0.15) is 11.8 Å². The number of methoxy groups -OCH3 is 1. The topological polar surface area (TPSA) is 75.6 Å². The summed E-state index contributed by atoms with van der Waals surface area (Å²) in [6, 6.07) is 2.80. The fourth-order valence-electron chi connectivity index (χ4n) is 1.84. The van der Waals surface area contributed by atoms with E-state index in [1.54, 1.807) is 11.8 Å². The molecule has 1 unspecified atom stereocenters. The third kappa shape index (κ3) is 5.03. The van der Waals surface area contributed by atoms with E-state index in [-0.39, 0.29) is 28.2 Å². The molecule has 0 aliphatic rings. The lowest BCUT2D eigenvalue weighted by Gasteiger charge is -2.16. The Balaban J connectivity index is 3.10. The van der Waals surface area contributed by atoms with Gasteiger partial charge in [0.25, 0.3) is 0 Å². The minimum absolute atomic E-state index is 0.0575. The Labute approximate surface area is 135 Å². The van der Waals surface area contributed by atoms with Crippen molar-refractivity contribution < 1.29 is 18.3 Å². The molecular weight excluding hydrogens is 334 g/mol. The van der Waals surface area contributed by atoms with Crippen LogP contribution in [0.5, 0.6) is 5.75 Å². The monoisotopic (exact) mass is 353 g/mol. The van der Waals surface area contributed by atoms with Gasteiger partial charge in [-0.05, 0) is 30.1 Å². The quantitative estimate of drug-likeness (QED) is 0.748. The lowest BCUT2D eigenvalue weighted by Crippen LogP contribution is -2.29. The first-order valence-electron chi connectivity index (χ1n) is 6.31. The summed E-state index contributed by atoms with van der Waals surface area (Å²) in [5.41, 5.74) is 0.336. The average molecular weight is 354 g/mol. The van der Waals surface area contributed by atoms with Gasteiger partial charge in [0, 0.05) is 17.1 Å². The number of hydrogen-bond donors (Lipinski definition) is 2. The summed E-state index contributed by atoms with van der Waals surface area (Å²) in [6.45, 7) is 1.94. The predicted octanol–water partition coefficient (Wildman–Crippen LogP) is 2.12. The van der Waals surface area contributed by atoms with Crippen molar-refractivity contribution in [3.05, 3.63) is 22.7 Å². The third-order valence-corrected chi connectivity index (χ3v) is 5.38. The summed E-state index contributed by atoms with van der Waals surface area (Å²) in [6.07, 6.45) is 1.97. The van der Waals surface area contributed by atoms with Crippen LogP contribution in [-0.4, -0.2) is 39.2 Å². The molecule has 0 radical (unpaired) electrons. The number of hydrogen-bond acceptors (Lipinski definition) is 5. The first-order chi connectivity index (χ1) is 9.85. The van der Waals surface area contributed by atoms with Crippen molar-refractivity contribution in [2.45, 2.75) is 18.4 Å². The molecule has 8 heteroatoms. The Morgan fingerprint density at radius 1 is 1.48 bits per heavy atom. The van der Waals surface area contributed by atoms with Crippen LogP contribution in [0.4, 0.5) is 0 Å². The van der Waals surface area contributed by atoms with E-state index in [2.05, 4.69) is 4.72 Å². The van der Waals surface area contributed by atoms with Gasteiger partial charge in [0.15, 0.2) is 0 Å². The minimum atomic E-state index is -3.75. The van der Waals surface area contributed by atoms with Gasteiger partial charge in [-0.15, -0.1) is 0 Å².